The molecule has 1 aromatic rings. The van der Waals surface area contributed by atoms with Gasteiger partial charge in [-0.05, 0) is 32.9 Å². The third-order valence-corrected chi connectivity index (χ3v) is 3.19. The van der Waals surface area contributed by atoms with E-state index in [0.29, 0.717) is 18.0 Å². The normalized spacial score (nSPS) is 12.2. The first-order valence-electron chi connectivity index (χ1n) is 7.79. The first-order valence-corrected chi connectivity index (χ1v) is 7.79. The number of nitrogens with one attached hydrogen (secondary N) is 3. The minimum atomic E-state index is -0.484. The van der Waals surface area contributed by atoms with Crippen LogP contribution in [-0.2, 0) is 11.3 Å². The van der Waals surface area contributed by atoms with Gasteiger partial charge in [-0.1, -0.05) is 0 Å². The summed E-state index contributed by atoms with van der Waals surface area (Å²) in [5.41, 5.74) is 0.572. The monoisotopic (exact) mass is 338 g/mol. The van der Waals surface area contributed by atoms with E-state index in [1.807, 2.05) is 40.0 Å². The molecule has 0 fully saturated rings. The molecule has 3 N–H and O–H groups in total. The second-order valence-corrected chi connectivity index (χ2v) is 6.74. The molecule has 0 saturated heterocycles. The highest BCUT2D eigenvalue weighted by Crippen LogP contribution is 2.23. The lowest BCUT2D eigenvalue weighted by Gasteiger charge is -2.21. The Balaban J connectivity index is 2.58. The number of likely N-dealkylation sites (N-methyl/N-ethyl adjacent to an activating group) is 1. The van der Waals surface area contributed by atoms with Crippen LogP contribution in [-0.4, -0.2) is 45.3 Å². The summed E-state index contributed by atoms with van der Waals surface area (Å²) >= 11 is 0. The van der Waals surface area contributed by atoms with E-state index >= 15 is 0 Å². The van der Waals surface area contributed by atoms with Gasteiger partial charge in [-0.25, -0.2) is 4.79 Å². The maximum Gasteiger partial charge on any atom is 0.322 e. The quantitative estimate of drug-likeness (QED) is 0.699. The number of rotatable bonds is 6. The molecular weight excluding hydrogens is 310 g/mol. The fraction of sp³-hybridized carbons (Fsp3) is 0.529. The Kier molecular flexibility index (Phi) is 7.03. The number of quaternary nitrogens is 1. The zero-order valence-electron chi connectivity index (χ0n) is 15.3. The minimum absolute atomic E-state index is 0.173. The van der Waals surface area contributed by atoms with Gasteiger partial charge in [0.25, 0.3) is 5.91 Å². The summed E-state index contributed by atoms with van der Waals surface area (Å²) < 4.78 is 10.5. The van der Waals surface area contributed by atoms with Crippen LogP contribution in [0.25, 0.3) is 0 Å². The van der Waals surface area contributed by atoms with Crippen LogP contribution < -0.4 is 25.0 Å². The van der Waals surface area contributed by atoms with Crippen LogP contribution in [0.2, 0.25) is 0 Å². The number of hydrogen-bond donors (Lipinski definition) is 3. The van der Waals surface area contributed by atoms with Gasteiger partial charge in [0.2, 0.25) is 0 Å². The average Bonchev–Trinajstić information content (AvgIpc) is 2.45. The first kappa shape index (κ1) is 19.8. The number of carbonyl (C=O) groups excluding carboxylic acids is 2. The number of carbonyl (C=O) groups is 2. The lowest BCUT2D eigenvalue weighted by Crippen LogP contribution is -3.09. The summed E-state index contributed by atoms with van der Waals surface area (Å²) in [7, 11) is 5.07. The molecule has 0 radical (unpaired) electrons. The van der Waals surface area contributed by atoms with E-state index in [4.69, 9.17) is 9.47 Å². The molecule has 1 aromatic carbocycles. The average molecular weight is 338 g/mol. The molecule has 0 saturated carbocycles. The van der Waals surface area contributed by atoms with Crippen LogP contribution >= 0.6 is 0 Å². The predicted molar refractivity (Wildman–Crippen MR) is 91.4 cm³/mol. The van der Waals surface area contributed by atoms with Gasteiger partial charge in [0.05, 0.1) is 21.3 Å². The fourth-order valence-corrected chi connectivity index (χ4v) is 2.20. The van der Waals surface area contributed by atoms with Gasteiger partial charge in [0, 0.05) is 17.2 Å². The van der Waals surface area contributed by atoms with Gasteiger partial charge in [-0.15, -0.1) is 0 Å². The highest BCUT2D eigenvalue weighted by atomic mass is 16.5. The molecule has 24 heavy (non-hydrogen) atoms. The van der Waals surface area contributed by atoms with Gasteiger partial charge >= 0.3 is 6.03 Å². The molecule has 0 bridgehead atoms. The second kappa shape index (κ2) is 8.54. The minimum Gasteiger partial charge on any atom is -0.497 e. The molecule has 7 heteroatoms. The van der Waals surface area contributed by atoms with Gasteiger partial charge in [0.15, 0.2) is 6.54 Å². The number of amides is 3. The largest absolute Gasteiger partial charge is 0.497 e. The van der Waals surface area contributed by atoms with Crippen molar-refractivity contribution in [2.24, 2.45) is 0 Å². The summed E-state index contributed by atoms with van der Waals surface area (Å²) in [6.07, 6.45) is 0. The Labute approximate surface area is 143 Å². The maximum absolute atomic E-state index is 12.0. The van der Waals surface area contributed by atoms with Crippen molar-refractivity contribution in [3.05, 3.63) is 23.8 Å². The zero-order valence-corrected chi connectivity index (χ0v) is 15.3. The lowest BCUT2D eigenvalue weighted by molar-refractivity contribution is -0.885. The van der Waals surface area contributed by atoms with E-state index in [-0.39, 0.29) is 18.0 Å². The smallest absolute Gasteiger partial charge is 0.322 e. The van der Waals surface area contributed by atoms with Crippen LogP contribution in [0.3, 0.4) is 0 Å². The van der Waals surface area contributed by atoms with Crippen molar-refractivity contribution in [1.82, 2.24) is 10.6 Å². The van der Waals surface area contributed by atoms with Gasteiger partial charge in [-0.2, -0.15) is 0 Å². The number of methoxy groups -OCH3 is 2. The van der Waals surface area contributed by atoms with E-state index in [9.17, 15) is 9.59 Å². The maximum atomic E-state index is 12.0. The topological polar surface area (TPSA) is 81.1 Å². The number of imide groups is 1. The van der Waals surface area contributed by atoms with E-state index in [1.54, 1.807) is 20.3 Å². The van der Waals surface area contributed by atoms with Crippen LogP contribution in [0.4, 0.5) is 4.79 Å². The van der Waals surface area contributed by atoms with Crippen molar-refractivity contribution in [3.63, 3.8) is 0 Å². The number of benzene rings is 1. The third-order valence-electron chi connectivity index (χ3n) is 3.19. The Morgan fingerprint density at radius 1 is 1.17 bits per heavy atom. The number of urea groups is 1. The molecular formula is C17H28N3O4+. The van der Waals surface area contributed by atoms with E-state index < -0.39 is 6.03 Å². The molecule has 7 nitrogen and oxygen atoms in total. The van der Waals surface area contributed by atoms with Crippen molar-refractivity contribution in [2.45, 2.75) is 32.9 Å². The zero-order chi connectivity index (χ0) is 18.3. The summed E-state index contributed by atoms with van der Waals surface area (Å²) in [4.78, 5) is 24.6. The second-order valence-electron chi connectivity index (χ2n) is 6.74. The van der Waals surface area contributed by atoms with Crippen molar-refractivity contribution >= 4 is 11.9 Å². The molecule has 0 aliphatic rings. The molecule has 0 aliphatic carbocycles. The molecule has 0 aromatic heterocycles. The first-order chi connectivity index (χ1) is 11.1. The third kappa shape index (κ3) is 6.87. The number of ether oxygens (including phenoxy) is 2. The predicted octanol–water partition coefficient (Wildman–Crippen LogP) is 0.343. The molecule has 1 rings (SSSR count). The summed E-state index contributed by atoms with van der Waals surface area (Å²) in [6, 6.07) is 5.08. The van der Waals surface area contributed by atoms with Gasteiger partial charge < -0.3 is 19.7 Å². The van der Waals surface area contributed by atoms with E-state index in [0.717, 1.165) is 10.5 Å². The molecule has 0 aliphatic heterocycles. The van der Waals surface area contributed by atoms with Crippen LogP contribution in [0, 0.1) is 0 Å². The highest BCUT2D eigenvalue weighted by molar-refractivity contribution is 5.94. The SMILES string of the molecule is COc1ccc(C[NH+](C)CC(=O)NC(=O)NC(C)(C)C)c(OC)c1. The lowest BCUT2D eigenvalue weighted by atomic mass is 10.1. The van der Waals surface area contributed by atoms with Crippen molar-refractivity contribution in [2.75, 3.05) is 27.8 Å². The van der Waals surface area contributed by atoms with Crippen molar-refractivity contribution in [1.29, 1.82) is 0 Å². The summed E-state index contributed by atoms with van der Waals surface area (Å²) in [5.74, 6) is 1.09. The van der Waals surface area contributed by atoms with Gasteiger partial charge in [-0.3, -0.25) is 10.1 Å². The molecule has 0 heterocycles. The summed E-state index contributed by atoms with van der Waals surface area (Å²) in [5, 5.41) is 5.03. The molecule has 1 atom stereocenters. The standard InChI is InChI=1S/C17H27N3O4/c1-17(2,3)19-16(22)18-15(21)11-20(4)10-12-7-8-13(23-5)9-14(12)24-6/h7-9H,10-11H2,1-6H3,(H2,18,19,21,22)/p+1. The Bertz CT molecular complexity index is 582. The molecule has 3 amide bonds. The van der Waals surface area contributed by atoms with Crippen LogP contribution in [0.15, 0.2) is 18.2 Å². The van der Waals surface area contributed by atoms with Gasteiger partial charge in [0.1, 0.15) is 18.0 Å². The Hall–Kier alpha value is -2.28. The van der Waals surface area contributed by atoms with E-state index in [2.05, 4.69) is 10.6 Å². The molecule has 134 valence electrons. The fourth-order valence-electron chi connectivity index (χ4n) is 2.20. The van der Waals surface area contributed by atoms with Crippen molar-refractivity contribution < 1.29 is 24.0 Å². The number of hydrogen-bond acceptors (Lipinski definition) is 4. The van der Waals surface area contributed by atoms with E-state index in [1.165, 1.54) is 0 Å². The molecule has 1 unspecified atom stereocenters. The van der Waals surface area contributed by atoms with Crippen molar-refractivity contribution in [3.8, 4) is 11.5 Å². The Morgan fingerprint density at radius 2 is 1.83 bits per heavy atom. The van der Waals surface area contributed by atoms with Crippen LogP contribution in [0.1, 0.15) is 26.3 Å². The molecule has 0 spiro atoms. The highest BCUT2D eigenvalue weighted by Gasteiger charge is 2.18. The Morgan fingerprint density at radius 3 is 2.38 bits per heavy atom. The summed E-state index contributed by atoms with van der Waals surface area (Å²) in [6.45, 7) is 6.31. The van der Waals surface area contributed by atoms with Crippen LogP contribution in [0.5, 0.6) is 11.5 Å².